The van der Waals surface area contributed by atoms with E-state index >= 15 is 0 Å². The summed E-state index contributed by atoms with van der Waals surface area (Å²) in [5.41, 5.74) is 2.81. The predicted octanol–water partition coefficient (Wildman–Crippen LogP) is 1.91. The number of carbonyl (C=O) groups is 2. The van der Waals surface area contributed by atoms with E-state index in [4.69, 9.17) is 9.84 Å². The third-order valence-electron chi connectivity index (χ3n) is 2.86. The molecule has 1 rings (SSSR count). The molecule has 0 saturated heterocycles. The van der Waals surface area contributed by atoms with Gasteiger partial charge in [0.1, 0.15) is 0 Å². The molecular weight excluding hydrogens is 260 g/mol. The van der Waals surface area contributed by atoms with Crippen LogP contribution in [-0.2, 0) is 9.53 Å². The number of aryl methyl sites for hydroxylation is 2. The minimum atomic E-state index is -0.964. The summed E-state index contributed by atoms with van der Waals surface area (Å²) >= 11 is 0. The lowest BCUT2D eigenvalue weighted by Crippen LogP contribution is -2.37. The van der Waals surface area contributed by atoms with E-state index in [1.54, 1.807) is 0 Å². The highest BCUT2D eigenvalue weighted by atomic mass is 16.5. The molecule has 0 heterocycles. The molecule has 2 amide bonds. The SMILES string of the molecule is COC(CNC(=O)Nc1ccc(C)cc1C)CC(=O)O. The molecule has 20 heavy (non-hydrogen) atoms. The Kier molecular flexibility index (Phi) is 5.99. The Morgan fingerprint density at radius 1 is 1.35 bits per heavy atom. The molecule has 0 aliphatic carbocycles. The number of hydrogen-bond acceptors (Lipinski definition) is 3. The first kappa shape index (κ1) is 16.0. The van der Waals surface area contributed by atoms with Gasteiger partial charge in [0.15, 0.2) is 0 Å². The van der Waals surface area contributed by atoms with E-state index in [0.717, 1.165) is 16.8 Å². The highest BCUT2D eigenvalue weighted by Gasteiger charge is 2.13. The summed E-state index contributed by atoms with van der Waals surface area (Å²) in [7, 11) is 1.41. The van der Waals surface area contributed by atoms with Crippen molar-refractivity contribution in [2.24, 2.45) is 0 Å². The van der Waals surface area contributed by atoms with E-state index in [0.29, 0.717) is 0 Å². The molecule has 0 aliphatic rings. The maximum absolute atomic E-state index is 11.7. The first-order valence-electron chi connectivity index (χ1n) is 6.29. The van der Waals surface area contributed by atoms with Gasteiger partial charge in [0.25, 0.3) is 0 Å². The van der Waals surface area contributed by atoms with E-state index in [1.807, 2.05) is 32.0 Å². The number of carboxylic acid groups (broad SMARTS) is 1. The van der Waals surface area contributed by atoms with Gasteiger partial charge in [-0.15, -0.1) is 0 Å². The van der Waals surface area contributed by atoms with Crippen LogP contribution in [0, 0.1) is 13.8 Å². The van der Waals surface area contributed by atoms with Crippen molar-refractivity contribution in [2.75, 3.05) is 19.0 Å². The molecule has 110 valence electrons. The van der Waals surface area contributed by atoms with E-state index < -0.39 is 12.1 Å². The van der Waals surface area contributed by atoms with Gasteiger partial charge >= 0.3 is 12.0 Å². The third kappa shape index (κ3) is 5.27. The fourth-order valence-corrected chi connectivity index (χ4v) is 1.76. The molecule has 0 aliphatic heterocycles. The summed E-state index contributed by atoms with van der Waals surface area (Å²) in [5, 5.41) is 14.0. The van der Waals surface area contributed by atoms with Crippen LogP contribution in [0.4, 0.5) is 10.5 Å². The molecule has 3 N–H and O–H groups in total. The minimum absolute atomic E-state index is 0.138. The van der Waals surface area contributed by atoms with Gasteiger partial charge in [0.05, 0.1) is 12.5 Å². The number of nitrogens with one attached hydrogen (secondary N) is 2. The van der Waals surface area contributed by atoms with E-state index in [-0.39, 0.29) is 19.0 Å². The molecule has 1 atom stereocenters. The van der Waals surface area contributed by atoms with Crippen molar-refractivity contribution in [2.45, 2.75) is 26.4 Å². The zero-order valence-electron chi connectivity index (χ0n) is 11.9. The Balaban J connectivity index is 2.49. The van der Waals surface area contributed by atoms with Crippen molar-refractivity contribution in [3.63, 3.8) is 0 Å². The second kappa shape index (κ2) is 7.49. The second-order valence-corrected chi connectivity index (χ2v) is 4.61. The number of amides is 2. The molecule has 1 aromatic rings. The van der Waals surface area contributed by atoms with Crippen LogP contribution in [0.2, 0.25) is 0 Å². The van der Waals surface area contributed by atoms with E-state index in [9.17, 15) is 9.59 Å². The number of anilines is 1. The largest absolute Gasteiger partial charge is 0.481 e. The van der Waals surface area contributed by atoms with Crippen LogP contribution in [0.3, 0.4) is 0 Å². The Bertz CT molecular complexity index is 488. The van der Waals surface area contributed by atoms with Crippen molar-refractivity contribution >= 4 is 17.7 Å². The number of methoxy groups -OCH3 is 1. The smallest absolute Gasteiger partial charge is 0.319 e. The normalized spacial score (nSPS) is 11.8. The third-order valence-corrected chi connectivity index (χ3v) is 2.86. The lowest BCUT2D eigenvalue weighted by Gasteiger charge is -2.15. The molecular formula is C14H20N2O4. The summed E-state index contributed by atoms with van der Waals surface area (Å²) in [5.74, 6) is -0.964. The van der Waals surface area contributed by atoms with Gasteiger partial charge in [-0.3, -0.25) is 4.79 Å². The minimum Gasteiger partial charge on any atom is -0.481 e. The quantitative estimate of drug-likeness (QED) is 0.743. The van der Waals surface area contributed by atoms with Crippen molar-refractivity contribution in [3.05, 3.63) is 29.3 Å². The Morgan fingerprint density at radius 2 is 2.05 bits per heavy atom. The Hall–Kier alpha value is -2.08. The Morgan fingerprint density at radius 3 is 2.60 bits per heavy atom. The molecule has 0 bridgehead atoms. The van der Waals surface area contributed by atoms with Gasteiger partial charge < -0.3 is 20.5 Å². The van der Waals surface area contributed by atoms with E-state index in [1.165, 1.54) is 7.11 Å². The molecule has 0 aromatic heterocycles. The number of urea groups is 1. The fraction of sp³-hybridized carbons (Fsp3) is 0.429. The van der Waals surface area contributed by atoms with Gasteiger partial charge in [0.2, 0.25) is 0 Å². The molecule has 0 saturated carbocycles. The summed E-state index contributed by atoms with van der Waals surface area (Å²) in [6.45, 7) is 4.02. The number of carbonyl (C=O) groups excluding carboxylic acids is 1. The highest BCUT2D eigenvalue weighted by Crippen LogP contribution is 2.15. The molecule has 0 spiro atoms. The van der Waals surface area contributed by atoms with Gasteiger partial charge in [-0.05, 0) is 25.5 Å². The molecule has 6 nitrogen and oxygen atoms in total. The van der Waals surface area contributed by atoms with E-state index in [2.05, 4.69) is 10.6 Å². The van der Waals surface area contributed by atoms with Crippen LogP contribution < -0.4 is 10.6 Å². The van der Waals surface area contributed by atoms with Crippen molar-refractivity contribution in [3.8, 4) is 0 Å². The molecule has 6 heteroatoms. The van der Waals surface area contributed by atoms with Gasteiger partial charge in [-0.1, -0.05) is 17.7 Å². The number of aliphatic carboxylic acids is 1. The maximum Gasteiger partial charge on any atom is 0.319 e. The van der Waals surface area contributed by atoms with Crippen molar-refractivity contribution in [1.29, 1.82) is 0 Å². The monoisotopic (exact) mass is 280 g/mol. The zero-order valence-corrected chi connectivity index (χ0v) is 11.9. The molecule has 0 fully saturated rings. The van der Waals surface area contributed by atoms with Crippen molar-refractivity contribution in [1.82, 2.24) is 5.32 Å². The van der Waals surface area contributed by atoms with Crippen LogP contribution in [0.5, 0.6) is 0 Å². The van der Waals surface area contributed by atoms with Gasteiger partial charge in [0, 0.05) is 19.3 Å². The standard InChI is InChI=1S/C14H20N2O4/c1-9-4-5-12(10(2)6-9)16-14(19)15-8-11(20-3)7-13(17)18/h4-6,11H,7-8H2,1-3H3,(H,17,18)(H2,15,16,19). The van der Waals surface area contributed by atoms with Gasteiger partial charge in [-0.25, -0.2) is 4.79 Å². The average Bonchev–Trinajstić information content (AvgIpc) is 2.37. The van der Waals surface area contributed by atoms with Crippen LogP contribution in [0.1, 0.15) is 17.5 Å². The van der Waals surface area contributed by atoms with Crippen LogP contribution in [0.15, 0.2) is 18.2 Å². The van der Waals surface area contributed by atoms with Crippen LogP contribution in [0.25, 0.3) is 0 Å². The number of hydrogen-bond donors (Lipinski definition) is 3. The molecule has 1 unspecified atom stereocenters. The fourth-order valence-electron chi connectivity index (χ4n) is 1.76. The summed E-state index contributed by atoms with van der Waals surface area (Å²) in [4.78, 5) is 22.3. The summed E-state index contributed by atoms with van der Waals surface area (Å²) < 4.78 is 4.98. The maximum atomic E-state index is 11.7. The number of rotatable bonds is 6. The predicted molar refractivity (Wildman–Crippen MR) is 76.0 cm³/mol. The topological polar surface area (TPSA) is 87.7 Å². The van der Waals surface area contributed by atoms with Crippen LogP contribution in [-0.4, -0.2) is 36.9 Å². The van der Waals surface area contributed by atoms with Crippen molar-refractivity contribution < 1.29 is 19.4 Å². The Labute approximate surface area is 118 Å². The first-order chi connectivity index (χ1) is 9.42. The first-order valence-corrected chi connectivity index (χ1v) is 6.29. The van der Waals surface area contributed by atoms with Gasteiger partial charge in [-0.2, -0.15) is 0 Å². The molecule has 0 radical (unpaired) electrons. The lowest BCUT2D eigenvalue weighted by atomic mass is 10.1. The second-order valence-electron chi connectivity index (χ2n) is 4.61. The number of carboxylic acids is 1. The van der Waals surface area contributed by atoms with Crippen LogP contribution >= 0.6 is 0 Å². The molecule has 1 aromatic carbocycles. The lowest BCUT2D eigenvalue weighted by molar-refractivity contribution is -0.139. The number of benzene rings is 1. The summed E-state index contributed by atoms with van der Waals surface area (Å²) in [6, 6.07) is 5.32. The average molecular weight is 280 g/mol. The number of ether oxygens (including phenoxy) is 1. The summed E-state index contributed by atoms with van der Waals surface area (Å²) in [6.07, 6.45) is -0.697. The zero-order chi connectivity index (χ0) is 15.1. The highest BCUT2D eigenvalue weighted by molar-refractivity contribution is 5.90.